The van der Waals surface area contributed by atoms with E-state index in [-0.39, 0.29) is 0 Å². The zero-order valence-corrected chi connectivity index (χ0v) is 11.2. The van der Waals surface area contributed by atoms with Crippen LogP contribution in [0.3, 0.4) is 0 Å². The molecule has 2 nitrogen and oxygen atoms in total. The first kappa shape index (κ1) is 12.6. The quantitative estimate of drug-likeness (QED) is 0.862. The zero-order chi connectivity index (χ0) is 12.3. The summed E-state index contributed by atoms with van der Waals surface area (Å²) in [6.07, 6.45) is 5.89. The summed E-state index contributed by atoms with van der Waals surface area (Å²) < 4.78 is 0. The van der Waals surface area contributed by atoms with Gasteiger partial charge in [0.2, 0.25) is 0 Å². The van der Waals surface area contributed by atoms with Crippen molar-refractivity contribution < 1.29 is 0 Å². The summed E-state index contributed by atoms with van der Waals surface area (Å²) in [5, 5.41) is 3.67. The van der Waals surface area contributed by atoms with Crippen molar-refractivity contribution in [3.63, 3.8) is 0 Å². The summed E-state index contributed by atoms with van der Waals surface area (Å²) in [6, 6.07) is 5.09. The molecule has 1 saturated carbocycles. The van der Waals surface area contributed by atoms with Crippen LogP contribution in [0.2, 0.25) is 0 Å². The number of rotatable bonds is 4. The van der Waals surface area contributed by atoms with Crippen LogP contribution in [0.15, 0.2) is 18.3 Å². The average molecular weight is 232 g/mol. The SMILES string of the molecule is CCCNC1CCC(c2ccc(C)nc2)C1C. The Hall–Kier alpha value is -0.890. The normalized spacial score (nSPS) is 28.5. The molecular formula is C15H24N2. The lowest BCUT2D eigenvalue weighted by Crippen LogP contribution is -2.32. The van der Waals surface area contributed by atoms with E-state index in [0.717, 1.165) is 18.2 Å². The van der Waals surface area contributed by atoms with E-state index in [1.54, 1.807) is 0 Å². The van der Waals surface area contributed by atoms with Crippen molar-refractivity contribution in [1.82, 2.24) is 10.3 Å². The van der Waals surface area contributed by atoms with Gasteiger partial charge in [0.1, 0.15) is 0 Å². The molecule has 1 fully saturated rings. The predicted molar refractivity (Wildman–Crippen MR) is 72.2 cm³/mol. The number of aryl methyl sites for hydroxylation is 1. The van der Waals surface area contributed by atoms with Gasteiger partial charge in [-0.15, -0.1) is 0 Å². The lowest BCUT2D eigenvalue weighted by molar-refractivity contribution is 0.404. The van der Waals surface area contributed by atoms with E-state index in [4.69, 9.17) is 0 Å². The Kier molecular flexibility index (Phi) is 4.16. The van der Waals surface area contributed by atoms with Crippen LogP contribution in [-0.2, 0) is 0 Å². The van der Waals surface area contributed by atoms with Gasteiger partial charge in [-0.1, -0.05) is 19.9 Å². The second kappa shape index (κ2) is 5.63. The van der Waals surface area contributed by atoms with Crippen molar-refractivity contribution >= 4 is 0 Å². The van der Waals surface area contributed by atoms with Crippen LogP contribution in [0.4, 0.5) is 0 Å². The van der Waals surface area contributed by atoms with Crippen LogP contribution in [0.1, 0.15) is 50.3 Å². The molecular weight excluding hydrogens is 208 g/mol. The highest BCUT2D eigenvalue weighted by Crippen LogP contribution is 2.39. The van der Waals surface area contributed by atoms with Crippen LogP contribution in [0.25, 0.3) is 0 Å². The summed E-state index contributed by atoms with van der Waals surface area (Å²) in [7, 11) is 0. The molecule has 1 aromatic rings. The summed E-state index contributed by atoms with van der Waals surface area (Å²) in [6.45, 7) is 7.81. The van der Waals surface area contributed by atoms with E-state index in [0.29, 0.717) is 12.0 Å². The molecule has 2 rings (SSSR count). The van der Waals surface area contributed by atoms with Crippen LogP contribution in [0.5, 0.6) is 0 Å². The Bertz CT molecular complexity index is 344. The molecule has 0 bridgehead atoms. The Balaban J connectivity index is 2.01. The summed E-state index contributed by atoms with van der Waals surface area (Å²) in [4.78, 5) is 4.42. The minimum Gasteiger partial charge on any atom is -0.314 e. The molecule has 94 valence electrons. The maximum absolute atomic E-state index is 4.42. The highest BCUT2D eigenvalue weighted by atomic mass is 14.9. The molecule has 1 heterocycles. The number of hydrogen-bond acceptors (Lipinski definition) is 2. The van der Waals surface area contributed by atoms with E-state index in [1.165, 1.54) is 24.8 Å². The van der Waals surface area contributed by atoms with Crippen LogP contribution >= 0.6 is 0 Å². The third-order valence-electron chi connectivity index (χ3n) is 4.08. The smallest absolute Gasteiger partial charge is 0.0372 e. The highest BCUT2D eigenvalue weighted by molar-refractivity contribution is 5.20. The summed E-state index contributed by atoms with van der Waals surface area (Å²) >= 11 is 0. The molecule has 3 unspecified atom stereocenters. The van der Waals surface area contributed by atoms with Gasteiger partial charge in [-0.25, -0.2) is 0 Å². The Morgan fingerprint density at radius 1 is 1.35 bits per heavy atom. The maximum atomic E-state index is 4.42. The molecule has 17 heavy (non-hydrogen) atoms. The molecule has 0 saturated heterocycles. The van der Waals surface area contributed by atoms with Crippen LogP contribution in [0, 0.1) is 12.8 Å². The average Bonchev–Trinajstić information content (AvgIpc) is 2.69. The van der Waals surface area contributed by atoms with Gasteiger partial charge in [0, 0.05) is 17.9 Å². The fourth-order valence-electron chi connectivity index (χ4n) is 2.95. The monoisotopic (exact) mass is 232 g/mol. The molecule has 2 heteroatoms. The van der Waals surface area contributed by atoms with Gasteiger partial charge in [0.05, 0.1) is 0 Å². The van der Waals surface area contributed by atoms with Crippen molar-refractivity contribution in [3.8, 4) is 0 Å². The van der Waals surface area contributed by atoms with E-state index < -0.39 is 0 Å². The number of nitrogens with one attached hydrogen (secondary N) is 1. The van der Waals surface area contributed by atoms with Crippen molar-refractivity contribution in [2.75, 3.05) is 6.54 Å². The molecule has 3 atom stereocenters. The second-order valence-electron chi connectivity index (χ2n) is 5.34. The fraction of sp³-hybridized carbons (Fsp3) is 0.667. The van der Waals surface area contributed by atoms with E-state index in [1.807, 2.05) is 6.92 Å². The Morgan fingerprint density at radius 3 is 2.82 bits per heavy atom. The molecule has 1 aliphatic rings. The first-order valence-electron chi connectivity index (χ1n) is 6.88. The van der Waals surface area contributed by atoms with Crippen molar-refractivity contribution in [3.05, 3.63) is 29.6 Å². The molecule has 0 aromatic carbocycles. The van der Waals surface area contributed by atoms with Gasteiger partial charge in [-0.3, -0.25) is 4.98 Å². The summed E-state index contributed by atoms with van der Waals surface area (Å²) in [5.41, 5.74) is 2.53. The predicted octanol–water partition coefficient (Wildman–Crippen LogP) is 3.27. The number of hydrogen-bond donors (Lipinski definition) is 1. The molecule has 1 aliphatic carbocycles. The Labute approximate surface area is 105 Å². The van der Waals surface area contributed by atoms with Crippen molar-refractivity contribution in [2.24, 2.45) is 5.92 Å². The van der Waals surface area contributed by atoms with Crippen LogP contribution in [-0.4, -0.2) is 17.6 Å². The summed E-state index contributed by atoms with van der Waals surface area (Å²) in [5.74, 6) is 1.42. The number of pyridine rings is 1. The fourth-order valence-corrected chi connectivity index (χ4v) is 2.95. The topological polar surface area (TPSA) is 24.9 Å². The van der Waals surface area contributed by atoms with Gasteiger partial charge in [-0.05, 0) is 56.2 Å². The van der Waals surface area contributed by atoms with Gasteiger partial charge in [0.25, 0.3) is 0 Å². The molecule has 1 aromatic heterocycles. The van der Waals surface area contributed by atoms with Crippen LogP contribution < -0.4 is 5.32 Å². The van der Waals surface area contributed by atoms with Gasteiger partial charge in [-0.2, -0.15) is 0 Å². The van der Waals surface area contributed by atoms with E-state index in [2.05, 4.69) is 42.5 Å². The van der Waals surface area contributed by atoms with Crippen molar-refractivity contribution in [2.45, 2.75) is 52.0 Å². The standard InChI is InChI=1S/C15H24N2/c1-4-9-16-15-8-7-14(12(15)3)13-6-5-11(2)17-10-13/h5-6,10,12,14-16H,4,7-9H2,1-3H3. The molecule has 1 N–H and O–H groups in total. The first-order valence-corrected chi connectivity index (χ1v) is 6.88. The first-order chi connectivity index (χ1) is 8.22. The van der Waals surface area contributed by atoms with E-state index >= 15 is 0 Å². The molecule has 0 radical (unpaired) electrons. The largest absolute Gasteiger partial charge is 0.314 e. The third kappa shape index (κ3) is 2.86. The minimum atomic E-state index is 0.692. The second-order valence-corrected chi connectivity index (χ2v) is 5.34. The molecule has 0 spiro atoms. The number of aromatic nitrogens is 1. The molecule has 0 amide bonds. The minimum absolute atomic E-state index is 0.692. The lowest BCUT2D eigenvalue weighted by atomic mass is 9.90. The molecule has 0 aliphatic heterocycles. The van der Waals surface area contributed by atoms with Gasteiger partial charge in [0.15, 0.2) is 0 Å². The van der Waals surface area contributed by atoms with E-state index in [9.17, 15) is 0 Å². The van der Waals surface area contributed by atoms with Gasteiger partial charge >= 0.3 is 0 Å². The van der Waals surface area contributed by atoms with Gasteiger partial charge < -0.3 is 5.32 Å². The zero-order valence-electron chi connectivity index (χ0n) is 11.2. The van der Waals surface area contributed by atoms with Crippen molar-refractivity contribution in [1.29, 1.82) is 0 Å². The Morgan fingerprint density at radius 2 is 2.18 bits per heavy atom. The third-order valence-corrected chi connectivity index (χ3v) is 4.08. The highest BCUT2D eigenvalue weighted by Gasteiger charge is 2.33. The lowest BCUT2D eigenvalue weighted by Gasteiger charge is -2.21. The number of nitrogens with zero attached hydrogens (tertiary/aromatic N) is 1. The maximum Gasteiger partial charge on any atom is 0.0372 e.